The van der Waals surface area contributed by atoms with Gasteiger partial charge in [-0.2, -0.15) is 0 Å². The molecule has 2 N–H and O–H groups in total. The summed E-state index contributed by atoms with van der Waals surface area (Å²) in [4.78, 5) is 13.8. The minimum atomic E-state index is -0.0345. The van der Waals surface area contributed by atoms with Crippen LogP contribution in [-0.2, 0) is 4.79 Å². The number of piperidine rings is 1. The van der Waals surface area contributed by atoms with E-state index in [1.54, 1.807) is 4.90 Å². The minimum absolute atomic E-state index is 0.0345. The minimum Gasteiger partial charge on any atom is -0.395 e. The van der Waals surface area contributed by atoms with Gasteiger partial charge in [-0.15, -0.1) is 0 Å². The molecule has 0 aromatic carbocycles. The largest absolute Gasteiger partial charge is 0.395 e. The molecule has 1 atom stereocenters. The second kappa shape index (κ2) is 6.08. The molecule has 4 heteroatoms. The lowest BCUT2D eigenvalue weighted by molar-refractivity contribution is -0.136. The van der Waals surface area contributed by atoms with Gasteiger partial charge >= 0.3 is 0 Å². The summed E-state index contributed by atoms with van der Waals surface area (Å²) in [6, 6.07) is 0.126. The van der Waals surface area contributed by atoms with Crippen molar-refractivity contribution >= 4 is 5.91 Å². The van der Waals surface area contributed by atoms with E-state index < -0.39 is 0 Å². The Hall–Kier alpha value is -0.610. The molecule has 0 unspecified atom stereocenters. The zero-order chi connectivity index (χ0) is 11.3. The summed E-state index contributed by atoms with van der Waals surface area (Å²) in [5.74, 6) is 0.138. The normalized spacial score (nSPS) is 21.7. The zero-order valence-corrected chi connectivity index (χ0v) is 9.70. The van der Waals surface area contributed by atoms with Gasteiger partial charge in [-0.05, 0) is 33.2 Å². The number of carbonyl (C=O) groups is 1. The number of hydrogen-bond acceptors (Lipinski definition) is 3. The second-order valence-corrected chi connectivity index (χ2v) is 4.35. The monoisotopic (exact) mass is 214 g/mol. The quantitative estimate of drug-likeness (QED) is 0.710. The molecule has 0 aromatic heterocycles. The number of amides is 1. The summed E-state index contributed by atoms with van der Waals surface area (Å²) in [6.07, 6.45) is 3.20. The van der Waals surface area contributed by atoms with Crippen LogP contribution >= 0.6 is 0 Å². The Balaban J connectivity index is 2.53. The van der Waals surface area contributed by atoms with Gasteiger partial charge in [0.1, 0.15) is 0 Å². The number of rotatable bonds is 4. The number of aliphatic hydroxyl groups excluding tert-OH is 1. The summed E-state index contributed by atoms with van der Waals surface area (Å²) in [5.41, 5.74) is 0. The van der Waals surface area contributed by atoms with Crippen LogP contribution in [0.25, 0.3) is 0 Å². The van der Waals surface area contributed by atoms with Gasteiger partial charge in [0.25, 0.3) is 0 Å². The SMILES string of the molecule is CC(C)N(CCO)C(=O)[C@@H]1CCCCN1. The van der Waals surface area contributed by atoms with Crippen molar-refractivity contribution in [2.45, 2.75) is 45.2 Å². The molecule has 0 spiro atoms. The molecule has 88 valence electrons. The Bertz CT molecular complexity index is 201. The van der Waals surface area contributed by atoms with Crippen molar-refractivity contribution < 1.29 is 9.90 Å². The topological polar surface area (TPSA) is 52.6 Å². The van der Waals surface area contributed by atoms with Crippen LogP contribution in [0.5, 0.6) is 0 Å². The Morgan fingerprint density at radius 1 is 1.53 bits per heavy atom. The third kappa shape index (κ3) is 3.47. The van der Waals surface area contributed by atoms with E-state index >= 15 is 0 Å². The third-order valence-electron chi connectivity index (χ3n) is 2.86. The Kier molecular flexibility index (Phi) is 5.05. The smallest absolute Gasteiger partial charge is 0.240 e. The van der Waals surface area contributed by atoms with Gasteiger partial charge in [0.15, 0.2) is 0 Å². The predicted octanol–water partition coefficient (Wildman–Crippen LogP) is 0.358. The van der Waals surface area contributed by atoms with Crippen LogP contribution in [0.1, 0.15) is 33.1 Å². The van der Waals surface area contributed by atoms with Crippen molar-refractivity contribution in [3.8, 4) is 0 Å². The highest BCUT2D eigenvalue weighted by Crippen LogP contribution is 2.11. The molecule has 1 heterocycles. The van der Waals surface area contributed by atoms with Crippen LogP contribution in [0.2, 0.25) is 0 Å². The zero-order valence-electron chi connectivity index (χ0n) is 9.70. The standard InChI is InChI=1S/C11H22N2O2/c1-9(2)13(7-8-14)11(15)10-5-3-4-6-12-10/h9-10,12,14H,3-8H2,1-2H3/t10-/m0/s1. The van der Waals surface area contributed by atoms with E-state index in [-0.39, 0.29) is 24.6 Å². The van der Waals surface area contributed by atoms with Crippen LogP contribution < -0.4 is 5.32 Å². The molecule has 1 saturated heterocycles. The summed E-state index contributed by atoms with van der Waals surface area (Å²) < 4.78 is 0. The van der Waals surface area contributed by atoms with Crippen LogP contribution in [0.3, 0.4) is 0 Å². The lowest BCUT2D eigenvalue weighted by atomic mass is 10.0. The van der Waals surface area contributed by atoms with Gasteiger partial charge in [0.05, 0.1) is 12.6 Å². The first-order valence-electron chi connectivity index (χ1n) is 5.81. The maximum absolute atomic E-state index is 12.1. The third-order valence-corrected chi connectivity index (χ3v) is 2.86. The fraction of sp³-hybridized carbons (Fsp3) is 0.909. The number of hydrogen-bond donors (Lipinski definition) is 2. The van der Waals surface area contributed by atoms with Crippen molar-refractivity contribution in [3.63, 3.8) is 0 Å². The number of nitrogens with zero attached hydrogens (tertiary/aromatic N) is 1. The average Bonchev–Trinajstić information content (AvgIpc) is 2.26. The van der Waals surface area contributed by atoms with Gasteiger partial charge < -0.3 is 15.3 Å². The first-order chi connectivity index (χ1) is 7.16. The van der Waals surface area contributed by atoms with Crippen LogP contribution in [0, 0.1) is 0 Å². The average molecular weight is 214 g/mol. The molecule has 0 aliphatic carbocycles. The first-order valence-corrected chi connectivity index (χ1v) is 5.81. The molecule has 4 nitrogen and oxygen atoms in total. The van der Waals surface area contributed by atoms with Gasteiger partial charge in [0, 0.05) is 12.6 Å². The second-order valence-electron chi connectivity index (χ2n) is 4.35. The first kappa shape index (κ1) is 12.5. The molecular formula is C11H22N2O2. The van der Waals surface area contributed by atoms with Crippen molar-refractivity contribution in [1.29, 1.82) is 0 Å². The molecule has 15 heavy (non-hydrogen) atoms. The molecule has 1 fully saturated rings. The number of nitrogens with one attached hydrogen (secondary N) is 1. The van der Waals surface area contributed by atoms with Crippen molar-refractivity contribution in [1.82, 2.24) is 10.2 Å². The molecule has 0 aromatic rings. The van der Waals surface area contributed by atoms with Crippen LogP contribution in [0.4, 0.5) is 0 Å². The van der Waals surface area contributed by atoms with E-state index in [4.69, 9.17) is 5.11 Å². The van der Waals surface area contributed by atoms with Gasteiger partial charge in [-0.1, -0.05) is 6.42 Å². The summed E-state index contributed by atoms with van der Waals surface area (Å²) in [5, 5.41) is 12.2. The Morgan fingerprint density at radius 3 is 2.73 bits per heavy atom. The van der Waals surface area contributed by atoms with Gasteiger partial charge in [-0.3, -0.25) is 4.79 Å². The molecule has 1 aliphatic rings. The van der Waals surface area contributed by atoms with Crippen LogP contribution in [-0.4, -0.2) is 47.7 Å². The maximum atomic E-state index is 12.1. The highest BCUT2D eigenvalue weighted by Gasteiger charge is 2.26. The van der Waals surface area contributed by atoms with Crippen molar-refractivity contribution in [2.75, 3.05) is 19.7 Å². The van der Waals surface area contributed by atoms with E-state index in [9.17, 15) is 4.79 Å². The van der Waals surface area contributed by atoms with E-state index in [0.717, 1.165) is 25.8 Å². The predicted molar refractivity (Wildman–Crippen MR) is 59.6 cm³/mol. The molecule has 1 aliphatic heterocycles. The Labute approximate surface area is 91.6 Å². The lowest BCUT2D eigenvalue weighted by Gasteiger charge is -2.32. The molecule has 1 rings (SSSR count). The van der Waals surface area contributed by atoms with E-state index in [1.807, 2.05) is 13.8 Å². The van der Waals surface area contributed by atoms with E-state index in [1.165, 1.54) is 0 Å². The molecule has 0 radical (unpaired) electrons. The molecule has 0 bridgehead atoms. The van der Waals surface area contributed by atoms with Gasteiger partial charge in [-0.25, -0.2) is 0 Å². The van der Waals surface area contributed by atoms with E-state index in [0.29, 0.717) is 6.54 Å². The highest BCUT2D eigenvalue weighted by molar-refractivity contribution is 5.82. The fourth-order valence-electron chi connectivity index (χ4n) is 1.99. The van der Waals surface area contributed by atoms with Crippen LogP contribution in [0.15, 0.2) is 0 Å². The summed E-state index contributed by atoms with van der Waals surface area (Å²) >= 11 is 0. The number of carbonyl (C=O) groups excluding carboxylic acids is 1. The summed E-state index contributed by atoms with van der Waals surface area (Å²) in [7, 11) is 0. The van der Waals surface area contributed by atoms with E-state index in [2.05, 4.69) is 5.32 Å². The van der Waals surface area contributed by atoms with Crippen molar-refractivity contribution in [2.24, 2.45) is 0 Å². The van der Waals surface area contributed by atoms with Crippen molar-refractivity contribution in [3.05, 3.63) is 0 Å². The summed E-state index contributed by atoms with van der Waals surface area (Å²) in [6.45, 7) is 5.37. The number of aliphatic hydroxyl groups is 1. The highest BCUT2D eigenvalue weighted by atomic mass is 16.3. The maximum Gasteiger partial charge on any atom is 0.240 e. The molecule has 0 saturated carbocycles. The lowest BCUT2D eigenvalue weighted by Crippen LogP contribution is -2.51. The molecule has 1 amide bonds. The Morgan fingerprint density at radius 2 is 2.27 bits per heavy atom. The van der Waals surface area contributed by atoms with Gasteiger partial charge in [0.2, 0.25) is 5.91 Å². The molecular weight excluding hydrogens is 192 g/mol. The fourth-order valence-corrected chi connectivity index (χ4v) is 1.99.